The molecule has 1 aliphatic heterocycles. The van der Waals surface area contributed by atoms with Crippen LogP contribution in [0, 0.1) is 5.92 Å². The fraction of sp³-hybridized carbons (Fsp3) is 1.00. The molecule has 1 N–H and O–H groups in total. The van der Waals surface area contributed by atoms with Crippen molar-refractivity contribution >= 4 is 11.8 Å². The van der Waals surface area contributed by atoms with E-state index in [1.54, 1.807) is 7.11 Å². The maximum Gasteiger partial charge on any atom is 0.0587 e. The van der Waals surface area contributed by atoms with Crippen molar-refractivity contribution in [3.05, 3.63) is 0 Å². The lowest BCUT2D eigenvalue weighted by atomic mass is 9.97. The molecular weight excluding hydrogens is 232 g/mol. The van der Waals surface area contributed by atoms with Gasteiger partial charge >= 0.3 is 0 Å². The Bertz CT molecular complexity index is 173. The summed E-state index contributed by atoms with van der Waals surface area (Å²) in [7, 11) is 1.76. The van der Waals surface area contributed by atoms with Crippen molar-refractivity contribution < 1.29 is 4.74 Å². The third-order valence-electron chi connectivity index (χ3n) is 3.45. The molecule has 0 spiro atoms. The first-order valence-electron chi connectivity index (χ1n) is 6.77. The van der Waals surface area contributed by atoms with Crippen molar-refractivity contribution in [1.82, 2.24) is 10.2 Å². The SMILES string of the molecule is COCCNCC1CCN(CCCSC)CC1. The molecule has 0 atom stereocenters. The highest BCUT2D eigenvalue weighted by molar-refractivity contribution is 7.98. The zero-order valence-electron chi connectivity index (χ0n) is 11.4. The van der Waals surface area contributed by atoms with Gasteiger partial charge in [-0.25, -0.2) is 0 Å². The number of methoxy groups -OCH3 is 1. The first-order chi connectivity index (χ1) is 8.36. The van der Waals surface area contributed by atoms with E-state index in [4.69, 9.17) is 4.74 Å². The van der Waals surface area contributed by atoms with Gasteiger partial charge in [0.2, 0.25) is 0 Å². The molecule has 0 aromatic carbocycles. The van der Waals surface area contributed by atoms with Gasteiger partial charge in [-0.05, 0) is 63.4 Å². The maximum atomic E-state index is 5.03. The van der Waals surface area contributed by atoms with Crippen molar-refractivity contribution in [3.63, 3.8) is 0 Å². The normalized spacial score (nSPS) is 18.7. The molecule has 0 saturated carbocycles. The van der Waals surface area contributed by atoms with Crippen molar-refractivity contribution in [2.75, 3.05) is 58.4 Å². The first kappa shape index (κ1) is 15.3. The van der Waals surface area contributed by atoms with Gasteiger partial charge in [-0.1, -0.05) is 0 Å². The monoisotopic (exact) mass is 260 g/mol. The Hall–Kier alpha value is 0.230. The van der Waals surface area contributed by atoms with E-state index >= 15 is 0 Å². The number of ether oxygens (including phenoxy) is 1. The Morgan fingerprint density at radius 3 is 2.76 bits per heavy atom. The van der Waals surface area contributed by atoms with Crippen molar-refractivity contribution in [2.24, 2.45) is 5.92 Å². The quantitative estimate of drug-likeness (QED) is 0.638. The lowest BCUT2D eigenvalue weighted by molar-refractivity contribution is 0.173. The van der Waals surface area contributed by atoms with E-state index in [1.807, 2.05) is 11.8 Å². The van der Waals surface area contributed by atoms with Gasteiger partial charge in [-0.15, -0.1) is 0 Å². The summed E-state index contributed by atoms with van der Waals surface area (Å²) in [5, 5.41) is 3.48. The molecule has 1 heterocycles. The summed E-state index contributed by atoms with van der Waals surface area (Å²) >= 11 is 1.96. The highest BCUT2D eigenvalue weighted by atomic mass is 32.2. The number of nitrogens with one attached hydrogen (secondary N) is 1. The predicted molar refractivity (Wildman–Crippen MR) is 76.9 cm³/mol. The maximum absolute atomic E-state index is 5.03. The largest absolute Gasteiger partial charge is 0.383 e. The van der Waals surface area contributed by atoms with E-state index in [9.17, 15) is 0 Å². The van der Waals surface area contributed by atoms with Gasteiger partial charge in [0.05, 0.1) is 6.61 Å². The summed E-state index contributed by atoms with van der Waals surface area (Å²) in [5.41, 5.74) is 0. The summed E-state index contributed by atoms with van der Waals surface area (Å²) in [6.45, 7) is 6.88. The topological polar surface area (TPSA) is 24.5 Å². The number of piperidine rings is 1. The van der Waals surface area contributed by atoms with Crippen LogP contribution in [-0.2, 0) is 4.74 Å². The van der Waals surface area contributed by atoms with Crippen LogP contribution in [0.3, 0.4) is 0 Å². The summed E-state index contributed by atoms with van der Waals surface area (Å²) in [6, 6.07) is 0. The van der Waals surface area contributed by atoms with Gasteiger partial charge < -0.3 is 15.0 Å². The van der Waals surface area contributed by atoms with E-state index < -0.39 is 0 Å². The number of hydrogen-bond acceptors (Lipinski definition) is 4. The fourth-order valence-electron chi connectivity index (χ4n) is 2.33. The molecule has 0 aromatic heterocycles. The van der Waals surface area contributed by atoms with Crippen molar-refractivity contribution in [2.45, 2.75) is 19.3 Å². The third kappa shape index (κ3) is 7.29. The van der Waals surface area contributed by atoms with Gasteiger partial charge in [-0.2, -0.15) is 11.8 Å². The zero-order chi connectivity index (χ0) is 12.3. The number of rotatable bonds is 9. The van der Waals surface area contributed by atoms with Gasteiger partial charge in [0.25, 0.3) is 0 Å². The Morgan fingerprint density at radius 2 is 2.12 bits per heavy atom. The molecule has 0 amide bonds. The Morgan fingerprint density at radius 1 is 1.35 bits per heavy atom. The molecule has 1 fully saturated rings. The molecule has 1 saturated heterocycles. The fourth-order valence-corrected chi connectivity index (χ4v) is 2.74. The molecule has 17 heavy (non-hydrogen) atoms. The molecule has 1 aliphatic rings. The molecule has 0 aliphatic carbocycles. The van der Waals surface area contributed by atoms with Crippen LogP contribution in [0.5, 0.6) is 0 Å². The second-order valence-corrected chi connectivity index (χ2v) is 5.81. The van der Waals surface area contributed by atoms with E-state index in [0.717, 1.165) is 19.1 Å². The molecule has 0 radical (unpaired) electrons. The number of likely N-dealkylation sites (tertiary alicyclic amines) is 1. The summed E-state index contributed by atoms with van der Waals surface area (Å²) in [5.74, 6) is 2.18. The van der Waals surface area contributed by atoms with Crippen LogP contribution in [0.1, 0.15) is 19.3 Å². The molecule has 102 valence electrons. The van der Waals surface area contributed by atoms with Crippen molar-refractivity contribution in [3.8, 4) is 0 Å². The lowest BCUT2D eigenvalue weighted by Crippen LogP contribution is -2.38. The molecule has 1 rings (SSSR count). The van der Waals surface area contributed by atoms with Gasteiger partial charge in [-0.3, -0.25) is 0 Å². The number of nitrogens with zero attached hydrogens (tertiary/aromatic N) is 1. The molecular formula is C13H28N2OS. The van der Waals surface area contributed by atoms with Crippen LogP contribution < -0.4 is 5.32 Å². The van der Waals surface area contributed by atoms with Crippen LogP contribution in [0.4, 0.5) is 0 Å². The van der Waals surface area contributed by atoms with Crippen LogP contribution in [0.25, 0.3) is 0 Å². The molecule has 0 bridgehead atoms. The summed E-state index contributed by atoms with van der Waals surface area (Å²) in [4.78, 5) is 2.63. The average molecular weight is 260 g/mol. The van der Waals surface area contributed by atoms with E-state index in [0.29, 0.717) is 0 Å². The third-order valence-corrected chi connectivity index (χ3v) is 4.14. The van der Waals surface area contributed by atoms with E-state index in [-0.39, 0.29) is 0 Å². The van der Waals surface area contributed by atoms with Crippen LogP contribution in [0.2, 0.25) is 0 Å². The first-order valence-corrected chi connectivity index (χ1v) is 8.17. The molecule has 4 heteroatoms. The highest BCUT2D eigenvalue weighted by Gasteiger charge is 2.18. The summed E-state index contributed by atoms with van der Waals surface area (Å²) in [6.07, 6.45) is 6.26. The van der Waals surface area contributed by atoms with Crippen LogP contribution >= 0.6 is 11.8 Å². The average Bonchev–Trinajstić information content (AvgIpc) is 2.37. The van der Waals surface area contributed by atoms with Gasteiger partial charge in [0, 0.05) is 13.7 Å². The number of hydrogen-bond donors (Lipinski definition) is 1. The Balaban J connectivity index is 1.97. The van der Waals surface area contributed by atoms with Gasteiger partial charge in [0.15, 0.2) is 0 Å². The van der Waals surface area contributed by atoms with Gasteiger partial charge in [0.1, 0.15) is 0 Å². The minimum absolute atomic E-state index is 0.827. The van der Waals surface area contributed by atoms with E-state index in [1.165, 1.54) is 51.2 Å². The van der Waals surface area contributed by atoms with Crippen molar-refractivity contribution in [1.29, 1.82) is 0 Å². The highest BCUT2D eigenvalue weighted by Crippen LogP contribution is 2.16. The van der Waals surface area contributed by atoms with Crippen LogP contribution in [-0.4, -0.2) is 63.3 Å². The van der Waals surface area contributed by atoms with Crippen LogP contribution in [0.15, 0.2) is 0 Å². The summed E-state index contributed by atoms with van der Waals surface area (Å²) < 4.78 is 5.03. The Labute approximate surface area is 111 Å². The standard InChI is InChI=1S/C13H28N2OS/c1-16-10-6-14-12-13-4-8-15(9-5-13)7-3-11-17-2/h13-14H,3-12H2,1-2H3. The molecule has 3 nitrogen and oxygen atoms in total. The van der Waals surface area contributed by atoms with E-state index in [2.05, 4.69) is 16.5 Å². The second-order valence-electron chi connectivity index (χ2n) is 4.83. The predicted octanol–water partition coefficient (Wildman–Crippen LogP) is 1.69. The molecule has 0 aromatic rings. The minimum Gasteiger partial charge on any atom is -0.383 e. The Kier molecular flexibility index (Phi) is 9.16. The zero-order valence-corrected chi connectivity index (χ0v) is 12.2. The minimum atomic E-state index is 0.827. The number of thioether (sulfide) groups is 1. The smallest absolute Gasteiger partial charge is 0.0587 e. The second kappa shape index (κ2) is 10.2. The molecule has 0 unspecified atom stereocenters. The lowest BCUT2D eigenvalue weighted by Gasteiger charge is -2.32.